The molecule has 0 aliphatic carbocycles. The number of likely N-dealkylation sites (tertiary alicyclic amines) is 1. The van der Waals surface area contributed by atoms with Crippen LogP contribution in [0.2, 0.25) is 0 Å². The van der Waals surface area contributed by atoms with E-state index in [-0.39, 0.29) is 0 Å². The second-order valence-electron chi connectivity index (χ2n) is 5.70. The summed E-state index contributed by atoms with van der Waals surface area (Å²) in [7, 11) is 2.07. The van der Waals surface area contributed by atoms with Gasteiger partial charge in [-0.15, -0.1) is 0 Å². The molecule has 0 aromatic rings. The maximum atomic E-state index is 3.34. The van der Waals surface area contributed by atoms with Gasteiger partial charge in [0.25, 0.3) is 0 Å². The summed E-state index contributed by atoms with van der Waals surface area (Å²) in [4.78, 5) is 2.71. The molecule has 1 N–H and O–H groups in total. The van der Waals surface area contributed by atoms with Crippen molar-refractivity contribution in [1.82, 2.24) is 10.2 Å². The summed E-state index contributed by atoms with van der Waals surface area (Å²) in [6.07, 6.45) is 6.74. The number of hydrogen-bond donors (Lipinski definition) is 1. The predicted molar refractivity (Wildman–Crippen MR) is 71.8 cm³/mol. The van der Waals surface area contributed by atoms with Gasteiger partial charge in [0.2, 0.25) is 0 Å². The van der Waals surface area contributed by atoms with Crippen molar-refractivity contribution in [2.45, 2.75) is 58.9 Å². The normalized spacial score (nSPS) is 23.2. The summed E-state index contributed by atoms with van der Waals surface area (Å²) in [5, 5.41) is 3.34. The molecule has 1 aliphatic heterocycles. The van der Waals surface area contributed by atoms with Crippen molar-refractivity contribution >= 4 is 0 Å². The second-order valence-corrected chi connectivity index (χ2v) is 5.70. The Labute approximate surface area is 102 Å². The van der Waals surface area contributed by atoms with E-state index < -0.39 is 0 Å². The quantitative estimate of drug-likeness (QED) is 0.749. The molecule has 1 unspecified atom stereocenters. The van der Waals surface area contributed by atoms with Gasteiger partial charge in [0.15, 0.2) is 0 Å². The maximum absolute atomic E-state index is 3.34. The topological polar surface area (TPSA) is 15.3 Å². The molecule has 96 valence electrons. The molecule has 0 amide bonds. The minimum Gasteiger partial charge on any atom is -0.318 e. The standard InChI is InChI=1S/C14H30N2/c1-5-7-13(12-15-4)16-10-8-14(3,6-2)9-11-16/h13,15H,5-12H2,1-4H3. The Morgan fingerprint density at radius 1 is 1.25 bits per heavy atom. The molecule has 0 saturated carbocycles. The van der Waals surface area contributed by atoms with Gasteiger partial charge in [-0.25, -0.2) is 0 Å². The van der Waals surface area contributed by atoms with E-state index in [1.54, 1.807) is 0 Å². The molecule has 1 rings (SSSR count). The molecule has 1 saturated heterocycles. The van der Waals surface area contributed by atoms with Crippen LogP contribution in [0, 0.1) is 5.41 Å². The molecule has 1 aliphatic rings. The first-order valence-corrected chi connectivity index (χ1v) is 7.04. The number of piperidine rings is 1. The molecule has 2 nitrogen and oxygen atoms in total. The van der Waals surface area contributed by atoms with Crippen molar-refractivity contribution in [2.24, 2.45) is 5.41 Å². The molecule has 0 radical (unpaired) electrons. The molecular formula is C14H30N2. The van der Waals surface area contributed by atoms with E-state index in [4.69, 9.17) is 0 Å². The minimum atomic E-state index is 0.618. The van der Waals surface area contributed by atoms with Crippen LogP contribution in [0.3, 0.4) is 0 Å². The Hall–Kier alpha value is -0.0800. The Bertz CT molecular complexity index is 177. The summed E-state index contributed by atoms with van der Waals surface area (Å²) in [6, 6.07) is 0.761. The Morgan fingerprint density at radius 3 is 2.31 bits per heavy atom. The van der Waals surface area contributed by atoms with Crippen LogP contribution in [0.25, 0.3) is 0 Å². The lowest BCUT2D eigenvalue weighted by atomic mass is 9.78. The first kappa shape index (κ1) is 14.0. The van der Waals surface area contributed by atoms with Crippen LogP contribution in [0.1, 0.15) is 52.9 Å². The molecule has 0 bridgehead atoms. The molecule has 1 atom stereocenters. The summed E-state index contributed by atoms with van der Waals surface area (Å²) in [6.45, 7) is 10.8. The minimum absolute atomic E-state index is 0.618. The van der Waals surface area contributed by atoms with Crippen molar-refractivity contribution in [2.75, 3.05) is 26.7 Å². The van der Waals surface area contributed by atoms with Gasteiger partial charge < -0.3 is 5.32 Å². The lowest BCUT2D eigenvalue weighted by molar-refractivity contribution is 0.0771. The molecular weight excluding hydrogens is 196 g/mol. The van der Waals surface area contributed by atoms with Gasteiger partial charge in [0.1, 0.15) is 0 Å². The lowest BCUT2D eigenvalue weighted by Crippen LogP contribution is -2.47. The fraction of sp³-hybridized carbons (Fsp3) is 1.00. The van der Waals surface area contributed by atoms with Crippen molar-refractivity contribution in [1.29, 1.82) is 0 Å². The van der Waals surface area contributed by atoms with E-state index in [9.17, 15) is 0 Å². The fourth-order valence-corrected chi connectivity index (χ4v) is 2.77. The predicted octanol–water partition coefficient (Wildman–Crippen LogP) is 2.89. The number of nitrogens with zero attached hydrogens (tertiary/aromatic N) is 1. The second kappa shape index (κ2) is 6.61. The van der Waals surface area contributed by atoms with Gasteiger partial charge in [0.05, 0.1) is 0 Å². The summed E-state index contributed by atoms with van der Waals surface area (Å²) in [5.74, 6) is 0. The van der Waals surface area contributed by atoms with Gasteiger partial charge in [-0.1, -0.05) is 33.6 Å². The number of hydrogen-bond acceptors (Lipinski definition) is 2. The van der Waals surface area contributed by atoms with Crippen molar-refractivity contribution in [3.8, 4) is 0 Å². The van der Waals surface area contributed by atoms with Gasteiger partial charge in [-0.2, -0.15) is 0 Å². The zero-order chi connectivity index (χ0) is 12.0. The highest BCUT2D eigenvalue weighted by Crippen LogP contribution is 2.34. The number of nitrogens with one attached hydrogen (secondary N) is 1. The SMILES string of the molecule is CCCC(CNC)N1CCC(C)(CC)CC1. The lowest BCUT2D eigenvalue weighted by Gasteiger charge is -2.42. The van der Waals surface area contributed by atoms with Crippen LogP contribution in [0.5, 0.6) is 0 Å². The highest BCUT2D eigenvalue weighted by Gasteiger charge is 2.30. The summed E-state index contributed by atoms with van der Waals surface area (Å²) in [5.41, 5.74) is 0.618. The van der Waals surface area contributed by atoms with Crippen LogP contribution >= 0.6 is 0 Å². The van der Waals surface area contributed by atoms with Crippen LogP contribution in [-0.4, -0.2) is 37.6 Å². The molecule has 1 heterocycles. The zero-order valence-electron chi connectivity index (χ0n) is 11.7. The number of likely N-dealkylation sites (N-methyl/N-ethyl adjacent to an activating group) is 1. The van der Waals surface area contributed by atoms with E-state index in [1.807, 2.05) is 0 Å². The van der Waals surface area contributed by atoms with Crippen molar-refractivity contribution in [3.05, 3.63) is 0 Å². The van der Waals surface area contributed by atoms with Crippen molar-refractivity contribution < 1.29 is 0 Å². The third-order valence-corrected chi connectivity index (χ3v) is 4.44. The summed E-state index contributed by atoms with van der Waals surface area (Å²) < 4.78 is 0. The Morgan fingerprint density at radius 2 is 1.88 bits per heavy atom. The van der Waals surface area contributed by atoms with Crippen LogP contribution < -0.4 is 5.32 Å². The number of rotatable bonds is 6. The van der Waals surface area contributed by atoms with E-state index >= 15 is 0 Å². The van der Waals surface area contributed by atoms with Crippen LogP contribution in [0.4, 0.5) is 0 Å². The third-order valence-electron chi connectivity index (χ3n) is 4.44. The third kappa shape index (κ3) is 3.74. The van der Waals surface area contributed by atoms with Crippen LogP contribution in [0.15, 0.2) is 0 Å². The first-order valence-electron chi connectivity index (χ1n) is 7.04. The zero-order valence-corrected chi connectivity index (χ0v) is 11.7. The van der Waals surface area contributed by atoms with E-state index in [2.05, 4.69) is 38.0 Å². The smallest absolute Gasteiger partial charge is 0.0220 e. The monoisotopic (exact) mass is 226 g/mol. The average Bonchev–Trinajstić information content (AvgIpc) is 2.30. The first-order chi connectivity index (χ1) is 7.65. The molecule has 1 fully saturated rings. The Balaban J connectivity index is 2.43. The molecule has 0 aromatic heterocycles. The van der Waals surface area contributed by atoms with Gasteiger partial charge in [-0.05, 0) is 44.8 Å². The van der Waals surface area contributed by atoms with Crippen molar-refractivity contribution in [3.63, 3.8) is 0 Å². The highest BCUT2D eigenvalue weighted by atomic mass is 15.2. The molecule has 0 aromatic carbocycles. The van der Waals surface area contributed by atoms with Crippen LogP contribution in [-0.2, 0) is 0 Å². The Kier molecular flexibility index (Phi) is 5.77. The van der Waals surface area contributed by atoms with Gasteiger partial charge in [0, 0.05) is 12.6 Å². The average molecular weight is 226 g/mol. The molecule has 16 heavy (non-hydrogen) atoms. The molecule has 0 spiro atoms. The largest absolute Gasteiger partial charge is 0.318 e. The fourth-order valence-electron chi connectivity index (χ4n) is 2.77. The van der Waals surface area contributed by atoms with E-state index in [0.717, 1.165) is 12.6 Å². The van der Waals surface area contributed by atoms with Gasteiger partial charge in [-0.3, -0.25) is 4.90 Å². The summed E-state index contributed by atoms with van der Waals surface area (Å²) >= 11 is 0. The van der Waals surface area contributed by atoms with E-state index in [1.165, 1.54) is 45.2 Å². The van der Waals surface area contributed by atoms with Gasteiger partial charge >= 0.3 is 0 Å². The van der Waals surface area contributed by atoms with E-state index in [0.29, 0.717) is 5.41 Å². The maximum Gasteiger partial charge on any atom is 0.0220 e. The molecule has 2 heteroatoms. The highest BCUT2D eigenvalue weighted by molar-refractivity contribution is 4.85.